The molecule has 0 saturated heterocycles. The van der Waals surface area contributed by atoms with Crippen LogP contribution in [0, 0.1) is 17.0 Å². The number of nitrogens with zero attached hydrogens (tertiary/aromatic N) is 1. The number of para-hydroxylation sites is 1. The number of aliphatic hydroxyl groups is 1. The van der Waals surface area contributed by atoms with Gasteiger partial charge in [0.25, 0.3) is 17.7 Å². The maximum atomic E-state index is 13.6. The number of hydrogen-bond acceptors (Lipinski definition) is 4. The molecule has 0 aliphatic carbocycles. The van der Waals surface area contributed by atoms with Gasteiger partial charge in [0.1, 0.15) is 17.7 Å². The van der Waals surface area contributed by atoms with Crippen LogP contribution >= 0.6 is 0 Å². The largest absolute Gasteiger partial charge is 0.378 e. The Bertz CT molecular complexity index is 1380. The van der Waals surface area contributed by atoms with Crippen LogP contribution in [0.15, 0.2) is 66.7 Å². The van der Waals surface area contributed by atoms with E-state index in [1.165, 1.54) is 5.01 Å². The number of halogens is 2. The van der Waals surface area contributed by atoms with Gasteiger partial charge >= 0.3 is 0 Å². The standard InChI is InChI=1S/C29H29F2N3O4/c1-16-20-9-5-6-10-21(20)22-11-7-8-12-23(22)34(28(16)38)33-27(37)25(29(2,3)4)32-26(36)24(35)17-13-18(30)15-19(31)14-17/h5-16,24-25,35H,1-4H3,(H,32,36)(H,33,37)/t16?,24-,25+/m0/s1. The minimum Gasteiger partial charge on any atom is -0.378 e. The fourth-order valence-corrected chi connectivity index (χ4v) is 4.53. The van der Waals surface area contributed by atoms with Crippen LogP contribution in [-0.2, 0) is 14.4 Å². The Kier molecular flexibility index (Phi) is 7.33. The van der Waals surface area contributed by atoms with Crippen LogP contribution in [0.3, 0.4) is 0 Å². The molecule has 3 atom stereocenters. The van der Waals surface area contributed by atoms with Crippen molar-refractivity contribution in [2.45, 2.75) is 45.8 Å². The van der Waals surface area contributed by atoms with E-state index < -0.39 is 46.9 Å². The Morgan fingerprint density at radius 3 is 2.13 bits per heavy atom. The summed E-state index contributed by atoms with van der Waals surface area (Å²) >= 11 is 0. The lowest BCUT2D eigenvalue weighted by molar-refractivity contribution is -0.137. The molecule has 4 rings (SSSR count). The third-order valence-corrected chi connectivity index (χ3v) is 6.54. The van der Waals surface area contributed by atoms with Gasteiger partial charge in [-0.3, -0.25) is 19.8 Å². The molecule has 38 heavy (non-hydrogen) atoms. The number of amides is 3. The maximum absolute atomic E-state index is 13.6. The predicted octanol–water partition coefficient (Wildman–Crippen LogP) is 4.38. The number of benzene rings is 3. The second kappa shape index (κ2) is 10.3. The predicted molar refractivity (Wildman–Crippen MR) is 139 cm³/mol. The number of carbonyl (C=O) groups excluding carboxylic acids is 3. The van der Waals surface area contributed by atoms with Crippen molar-refractivity contribution < 1.29 is 28.3 Å². The van der Waals surface area contributed by atoms with Gasteiger partial charge in [0.05, 0.1) is 11.6 Å². The van der Waals surface area contributed by atoms with Crippen molar-refractivity contribution >= 4 is 23.4 Å². The quantitative estimate of drug-likeness (QED) is 0.464. The van der Waals surface area contributed by atoms with Crippen molar-refractivity contribution in [3.05, 3.63) is 89.5 Å². The van der Waals surface area contributed by atoms with E-state index >= 15 is 0 Å². The molecule has 1 heterocycles. The summed E-state index contributed by atoms with van der Waals surface area (Å²) in [7, 11) is 0. The van der Waals surface area contributed by atoms with Crippen molar-refractivity contribution in [3.63, 3.8) is 0 Å². The minimum atomic E-state index is -1.92. The average molecular weight is 522 g/mol. The zero-order valence-electron chi connectivity index (χ0n) is 21.5. The summed E-state index contributed by atoms with van der Waals surface area (Å²) in [5.74, 6) is -4.58. The van der Waals surface area contributed by atoms with Gasteiger partial charge in [0.15, 0.2) is 6.10 Å². The molecule has 1 aliphatic rings. The van der Waals surface area contributed by atoms with Gasteiger partial charge in [-0.05, 0) is 47.2 Å². The van der Waals surface area contributed by atoms with Crippen LogP contribution in [0.2, 0.25) is 0 Å². The smallest absolute Gasteiger partial charge is 0.261 e. The van der Waals surface area contributed by atoms with Crippen LogP contribution in [0.1, 0.15) is 50.8 Å². The topological polar surface area (TPSA) is 98.7 Å². The van der Waals surface area contributed by atoms with Crippen LogP contribution < -0.4 is 15.8 Å². The summed E-state index contributed by atoms with van der Waals surface area (Å²) in [4.78, 5) is 40.0. The summed E-state index contributed by atoms with van der Waals surface area (Å²) in [5, 5.41) is 14.1. The minimum absolute atomic E-state index is 0.295. The Labute approximate surface area is 219 Å². The van der Waals surface area contributed by atoms with E-state index in [-0.39, 0.29) is 11.5 Å². The summed E-state index contributed by atoms with van der Waals surface area (Å²) in [6.07, 6.45) is -1.92. The average Bonchev–Trinajstić information content (AvgIpc) is 2.95. The molecule has 3 N–H and O–H groups in total. The van der Waals surface area contributed by atoms with Crippen LogP contribution in [-0.4, -0.2) is 28.9 Å². The van der Waals surface area contributed by atoms with Crippen LogP contribution in [0.25, 0.3) is 11.1 Å². The van der Waals surface area contributed by atoms with Crippen molar-refractivity contribution in [1.29, 1.82) is 0 Å². The number of aliphatic hydroxyl groups excluding tert-OH is 1. The molecule has 0 bridgehead atoms. The second-order valence-electron chi connectivity index (χ2n) is 10.4. The Balaban J connectivity index is 1.64. The molecule has 3 aromatic carbocycles. The van der Waals surface area contributed by atoms with Gasteiger partial charge in [0, 0.05) is 11.6 Å². The molecular formula is C29H29F2N3O4. The van der Waals surface area contributed by atoms with Crippen LogP contribution in [0.5, 0.6) is 0 Å². The Hall–Kier alpha value is -4.11. The summed E-state index contributed by atoms with van der Waals surface area (Å²) < 4.78 is 27.3. The van der Waals surface area contributed by atoms with Crippen molar-refractivity contribution in [2.24, 2.45) is 5.41 Å². The molecule has 7 nitrogen and oxygen atoms in total. The molecular weight excluding hydrogens is 492 g/mol. The molecule has 1 aliphatic heterocycles. The summed E-state index contributed by atoms with van der Waals surface area (Å²) in [5.41, 5.74) is 4.41. The van der Waals surface area contributed by atoms with Gasteiger partial charge < -0.3 is 10.4 Å². The van der Waals surface area contributed by atoms with Gasteiger partial charge in [-0.1, -0.05) is 63.2 Å². The molecule has 0 aromatic heterocycles. The van der Waals surface area contributed by atoms with Crippen molar-refractivity contribution in [1.82, 2.24) is 10.7 Å². The van der Waals surface area contributed by atoms with Gasteiger partial charge in [-0.2, -0.15) is 0 Å². The fourth-order valence-electron chi connectivity index (χ4n) is 4.53. The lowest BCUT2D eigenvalue weighted by Gasteiger charge is -2.34. The fraction of sp³-hybridized carbons (Fsp3) is 0.276. The number of fused-ring (bicyclic) bond motifs is 3. The first-order valence-electron chi connectivity index (χ1n) is 12.2. The SMILES string of the molecule is CC1C(=O)N(NC(=O)[C@@H](NC(=O)[C@@H](O)c2cc(F)cc(F)c2)C(C)(C)C)c2ccccc2-c2ccccc21. The highest BCUT2D eigenvalue weighted by molar-refractivity contribution is 6.07. The molecule has 9 heteroatoms. The van der Waals surface area contributed by atoms with E-state index in [9.17, 15) is 28.3 Å². The number of hydrazine groups is 1. The highest BCUT2D eigenvalue weighted by Gasteiger charge is 2.38. The number of nitrogens with one attached hydrogen (secondary N) is 2. The zero-order valence-corrected chi connectivity index (χ0v) is 21.5. The van der Waals surface area contributed by atoms with E-state index in [0.717, 1.165) is 28.8 Å². The number of carbonyl (C=O) groups is 3. The molecule has 0 saturated carbocycles. The number of hydrogen-bond donors (Lipinski definition) is 3. The lowest BCUT2D eigenvalue weighted by atomic mass is 9.86. The number of anilines is 1. The van der Waals surface area contributed by atoms with E-state index in [1.807, 2.05) is 36.4 Å². The molecule has 3 aromatic rings. The van der Waals surface area contributed by atoms with Crippen molar-refractivity contribution in [3.8, 4) is 11.1 Å². The Morgan fingerprint density at radius 1 is 0.921 bits per heavy atom. The van der Waals surface area contributed by atoms with E-state index in [4.69, 9.17) is 0 Å². The molecule has 3 amide bonds. The first-order chi connectivity index (χ1) is 17.9. The van der Waals surface area contributed by atoms with Crippen molar-refractivity contribution in [2.75, 3.05) is 5.01 Å². The second-order valence-corrected chi connectivity index (χ2v) is 10.4. The molecule has 0 radical (unpaired) electrons. The van der Waals surface area contributed by atoms with Gasteiger partial charge in [0.2, 0.25) is 0 Å². The highest BCUT2D eigenvalue weighted by atomic mass is 19.1. The van der Waals surface area contributed by atoms with Gasteiger partial charge in [-0.15, -0.1) is 0 Å². The van der Waals surface area contributed by atoms with E-state index in [2.05, 4.69) is 10.7 Å². The molecule has 0 spiro atoms. The van der Waals surface area contributed by atoms with E-state index in [1.54, 1.807) is 39.8 Å². The molecule has 1 unspecified atom stereocenters. The lowest BCUT2D eigenvalue weighted by Crippen LogP contribution is -2.59. The first-order valence-corrected chi connectivity index (χ1v) is 12.2. The summed E-state index contributed by atoms with van der Waals surface area (Å²) in [6.45, 7) is 6.84. The maximum Gasteiger partial charge on any atom is 0.261 e. The Morgan fingerprint density at radius 2 is 1.50 bits per heavy atom. The zero-order chi connectivity index (χ0) is 27.8. The highest BCUT2D eigenvalue weighted by Crippen LogP contribution is 2.40. The third kappa shape index (κ3) is 5.28. The van der Waals surface area contributed by atoms with Gasteiger partial charge in [-0.25, -0.2) is 13.8 Å². The first kappa shape index (κ1) is 26.9. The normalized spacial score (nSPS) is 16.6. The monoisotopic (exact) mass is 521 g/mol. The third-order valence-electron chi connectivity index (χ3n) is 6.54. The van der Waals surface area contributed by atoms with Crippen LogP contribution in [0.4, 0.5) is 14.5 Å². The van der Waals surface area contributed by atoms with E-state index in [0.29, 0.717) is 11.8 Å². The number of rotatable bonds is 5. The molecule has 0 fully saturated rings. The molecule has 198 valence electrons. The summed E-state index contributed by atoms with van der Waals surface area (Å²) in [6, 6.07) is 15.8.